The van der Waals surface area contributed by atoms with Crippen LogP contribution in [0, 0.1) is 20.8 Å². The number of ether oxygens (including phenoxy) is 2. The van der Waals surface area contributed by atoms with Crippen molar-refractivity contribution in [2.45, 2.75) is 32.1 Å². The van der Waals surface area contributed by atoms with Gasteiger partial charge in [0, 0.05) is 16.9 Å². The molecule has 10 heteroatoms. The van der Waals surface area contributed by atoms with Crippen molar-refractivity contribution >= 4 is 32.4 Å². The van der Waals surface area contributed by atoms with Crippen molar-refractivity contribution in [3.05, 3.63) is 63.2 Å². The lowest BCUT2D eigenvalue weighted by Gasteiger charge is -2.12. The molecule has 4 rings (SSSR count). The van der Waals surface area contributed by atoms with Crippen LogP contribution in [0.5, 0.6) is 11.5 Å². The van der Waals surface area contributed by atoms with E-state index in [9.17, 15) is 13.2 Å². The number of nitrogens with one attached hydrogen (secondary N) is 2. The molecule has 2 aromatic carbocycles. The molecule has 0 saturated carbocycles. The highest BCUT2D eigenvalue weighted by atomic mass is 32.2. The topological polar surface area (TPSA) is 107 Å². The molecule has 0 spiro atoms. The maximum absolute atomic E-state index is 12.9. The van der Waals surface area contributed by atoms with Crippen molar-refractivity contribution < 1.29 is 22.7 Å². The number of hydrogen-bond acceptors (Lipinski definition) is 7. The van der Waals surface area contributed by atoms with Gasteiger partial charge in [0.25, 0.3) is 5.91 Å². The molecule has 0 bridgehead atoms. The number of nitrogens with zero attached hydrogens (tertiary/aromatic N) is 1. The van der Waals surface area contributed by atoms with Gasteiger partial charge in [0.2, 0.25) is 16.8 Å². The number of sulfonamides is 1. The second-order valence-corrected chi connectivity index (χ2v) is 10.4. The molecule has 2 N–H and O–H groups in total. The van der Waals surface area contributed by atoms with Crippen LogP contribution in [0.3, 0.4) is 0 Å². The average molecular weight is 474 g/mol. The van der Waals surface area contributed by atoms with E-state index in [1.807, 2.05) is 25.1 Å². The van der Waals surface area contributed by atoms with E-state index in [1.165, 1.54) is 24.5 Å². The number of fused-ring (bicyclic) bond motifs is 1. The molecular formula is C22H23N3O5S2. The summed E-state index contributed by atoms with van der Waals surface area (Å²) in [6, 6.07) is 8.86. The largest absolute Gasteiger partial charge is 0.454 e. The summed E-state index contributed by atoms with van der Waals surface area (Å²) in [5, 5.41) is 3.26. The first kappa shape index (κ1) is 22.3. The van der Waals surface area contributed by atoms with Crippen LogP contribution in [0.2, 0.25) is 0 Å². The number of aryl methyl sites for hydroxylation is 2. The van der Waals surface area contributed by atoms with Crippen LogP contribution in [0.4, 0.5) is 5.13 Å². The van der Waals surface area contributed by atoms with E-state index in [4.69, 9.17) is 9.47 Å². The number of amides is 1. The second-order valence-electron chi connectivity index (χ2n) is 7.47. The molecule has 1 aliphatic heterocycles. The Morgan fingerprint density at radius 2 is 1.88 bits per heavy atom. The van der Waals surface area contributed by atoms with E-state index in [1.54, 1.807) is 19.9 Å². The van der Waals surface area contributed by atoms with Crippen molar-refractivity contribution in [3.8, 4) is 11.5 Å². The Morgan fingerprint density at radius 3 is 2.62 bits per heavy atom. The molecule has 3 aromatic rings. The van der Waals surface area contributed by atoms with Gasteiger partial charge in [-0.1, -0.05) is 6.07 Å². The Hall–Kier alpha value is -2.95. The Balaban J connectivity index is 1.55. The van der Waals surface area contributed by atoms with E-state index in [0.29, 0.717) is 22.7 Å². The third kappa shape index (κ3) is 4.34. The number of thiazole rings is 1. The van der Waals surface area contributed by atoms with Crippen LogP contribution < -0.4 is 19.5 Å². The van der Waals surface area contributed by atoms with E-state index < -0.39 is 15.9 Å². The predicted octanol–water partition coefficient (Wildman–Crippen LogP) is 3.55. The normalized spacial score (nSPS) is 12.8. The van der Waals surface area contributed by atoms with Gasteiger partial charge in [0.1, 0.15) is 0 Å². The Bertz CT molecular complexity index is 1320. The first-order chi connectivity index (χ1) is 15.2. The SMILES string of the molecule is CNS(=O)(=O)c1cc(C(=O)Nc2nc(C)c(Cc3ccc4c(c3)OCO4)s2)cc(C)c1C. The quantitative estimate of drug-likeness (QED) is 0.567. The molecular weight excluding hydrogens is 450 g/mol. The fourth-order valence-corrected chi connectivity index (χ4v) is 5.46. The fourth-order valence-electron chi connectivity index (χ4n) is 3.40. The number of benzene rings is 2. The van der Waals surface area contributed by atoms with Crippen LogP contribution in [-0.4, -0.2) is 33.1 Å². The van der Waals surface area contributed by atoms with Crippen molar-refractivity contribution in [2.75, 3.05) is 19.2 Å². The van der Waals surface area contributed by atoms with Crippen molar-refractivity contribution in [3.63, 3.8) is 0 Å². The number of hydrogen-bond donors (Lipinski definition) is 2. The first-order valence-electron chi connectivity index (χ1n) is 9.89. The summed E-state index contributed by atoms with van der Waals surface area (Å²) in [4.78, 5) is 18.4. The number of carbonyl (C=O) groups is 1. The zero-order valence-corrected chi connectivity index (χ0v) is 19.7. The van der Waals surface area contributed by atoms with Gasteiger partial charge in [0.15, 0.2) is 16.6 Å². The molecule has 0 fully saturated rings. The summed E-state index contributed by atoms with van der Waals surface area (Å²) in [5.74, 6) is 1.04. The van der Waals surface area contributed by atoms with Crippen LogP contribution >= 0.6 is 11.3 Å². The first-order valence-corrected chi connectivity index (χ1v) is 12.2. The second kappa shape index (κ2) is 8.53. The molecule has 8 nitrogen and oxygen atoms in total. The Labute approximate surface area is 190 Å². The van der Waals surface area contributed by atoms with Gasteiger partial charge in [-0.2, -0.15) is 0 Å². The van der Waals surface area contributed by atoms with Gasteiger partial charge in [-0.05, 0) is 68.8 Å². The monoisotopic (exact) mass is 473 g/mol. The molecule has 168 valence electrons. The lowest BCUT2D eigenvalue weighted by Crippen LogP contribution is -2.21. The summed E-state index contributed by atoms with van der Waals surface area (Å²) >= 11 is 1.39. The average Bonchev–Trinajstić information content (AvgIpc) is 3.35. The maximum atomic E-state index is 12.9. The highest BCUT2D eigenvalue weighted by molar-refractivity contribution is 7.89. The molecule has 0 radical (unpaired) electrons. The molecule has 0 unspecified atom stereocenters. The highest BCUT2D eigenvalue weighted by Gasteiger charge is 2.21. The number of anilines is 1. The molecule has 1 aliphatic rings. The summed E-state index contributed by atoms with van der Waals surface area (Å²) in [5.41, 5.74) is 3.45. The van der Waals surface area contributed by atoms with Gasteiger partial charge in [-0.15, -0.1) is 11.3 Å². The molecule has 1 amide bonds. The fraction of sp³-hybridized carbons (Fsp3) is 0.273. The summed E-state index contributed by atoms with van der Waals surface area (Å²) in [6.07, 6.45) is 0.643. The zero-order valence-electron chi connectivity index (χ0n) is 18.1. The van der Waals surface area contributed by atoms with E-state index in [-0.39, 0.29) is 17.3 Å². The van der Waals surface area contributed by atoms with E-state index in [2.05, 4.69) is 15.0 Å². The summed E-state index contributed by atoms with van der Waals surface area (Å²) in [6.45, 7) is 5.61. The predicted molar refractivity (Wildman–Crippen MR) is 122 cm³/mol. The smallest absolute Gasteiger partial charge is 0.257 e. The zero-order chi connectivity index (χ0) is 23.0. The number of carbonyl (C=O) groups excluding carboxylic acids is 1. The van der Waals surface area contributed by atoms with E-state index >= 15 is 0 Å². The minimum atomic E-state index is -3.68. The number of rotatable bonds is 6. The molecule has 2 heterocycles. The van der Waals surface area contributed by atoms with Crippen LogP contribution in [0.1, 0.15) is 37.6 Å². The van der Waals surface area contributed by atoms with Crippen molar-refractivity contribution in [1.82, 2.24) is 9.71 Å². The van der Waals surface area contributed by atoms with Crippen molar-refractivity contribution in [2.24, 2.45) is 0 Å². The lowest BCUT2D eigenvalue weighted by molar-refractivity contribution is 0.102. The van der Waals surface area contributed by atoms with Crippen molar-refractivity contribution in [1.29, 1.82) is 0 Å². The summed E-state index contributed by atoms with van der Waals surface area (Å²) < 4.78 is 37.7. The van der Waals surface area contributed by atoms with Crippen LogP contribution in [-0.2, 0) is 16.4 Å². The van der Waals surface area contributed by atoms with Gasteiger partial charge >= 0.3 is 0 Å². The molecule has 0 saturated heterocycles. The summed E-state index contributed by atoms with van der Waals surface area (Å²) in [7, 11) is -2.34. The molecule has 0 aliphatic carbocycles. The molecule has 1 aromatic heterocycles. The maximum Gasteiger partial charge on any atom is 0.257 e. The van der Waals surface area contributed by atoms with Gasteiger partial charge in [0.05, 0.1) is 10.6 Å². The third-order valence-corrected chi connectivity index (χ3v) is 7.97. The number of aromatic nitrogens is 1. The Morgan fingerprint density at radius 1 is 1.12 bits per heavy atom. The van der Waals surface area contributed by atoms with Gasteiger partial charge in [-0.3, -0.25) is 10.1 Å². The third-order valence-electron chi connectivity index (χ3n) is 5.35. The lowest BCUT2D eigenvalue weighted by atomic mass is 10.1. The van der Waals surface area contributed by atoms with Crippen LogP contribution in [0.15, 0.2) is 35.2 Å². The standard InChI is InChI=1S/C22H23N3O5S2/c1-12-7-16(10-20(13(12)2)32(27,28)23-4)21(26)25-22-24-14(3)19(31-22)9-15-5-6-17-18(8-15)30-11-29-17/h5-8,10,23H,9,11H2,1-4H3,(H,24,25,26). The van der Waals surface area contributed by atoms with E-state index in [0.717, 1.165) is 27.6 Å². The minimum absolute atomic E-state index is 0.0870. The molecule has 32 heavy (non-hydrogen) atoms. The molecule has 0 atom stereocenters. The van der Waals surface area contributed by atoms with Gasteiger partial charge in [-0.25, -0.2) is 18.1 Å². The van der Waals surface area contributed by atoms with Gasteiger partial charge < -0.3 is 9.47 Å². The minimum Gasteiger partial charge on any atom is -0.454 e. The highest BCUT2D eigenvalue weighted by Crippen LogP contribution is 2.34. The Kier molecular flexibility index (Phi) is 5.93. The van der Waals surface area contributed by atoms with Crippen LogP contribution in [0.25, 0.3) is 0 Å².